The van der Waals surface area contributed by atoms with Crippen LogP contribution < -0.4 is 14.8 Å². The van der Waals surface area contributed by atoms with Gasteiger partial charge in [0.1, 0.15) is 5.01 Å². The summed E-state index contributed by atoms with van der Waals surface area (Å²) in [6.45, 7) is 0. The third-order valence-corrected chi connectivity index (χ3v) is 6.71. The van der Waals surface area contributed by atoms with E-state index in [0.717, 1.165) is 27.4 Å². The number of thiazole rings is 2. The molecule has 0 radical (unpaired) electrons. The van der Waals surface area contributed by atoms with E-state index in [2.05, 4.69) is 15.3 Å². The lowest BCUT2D eigenvalue weighted by Gasteiger charge is -2.10. The maximum atomic E-state index is 12.5. The monoisotopic (exact) mass is 485 g/mol. The van der Waals surface area contributed by atoms with Crippen LogP contribution in [0.25, 0.3) is 10.6 Å². The average molecular weight is 486 g/mol. The number of methoxy groups -OCH3 is 2. The number of hydrogen-bond acceptors (Lipinski definition) is 7. The molecule has 2 aromatic heterocycles. The Hall–Kier alpha value is -2.94. The zero-order chi connectivity index (χ0) is 22.5. The Morgan fingerprint density at radius 2 is 1.94 bits per heavy atom. The van der Waals surface area contributed by atoms with Gasteiger partial charge in [-0.3, -0.25) is 4.79 Å². The number of hydrogen-bond donors (Lipinski definition) is 1. The van der Waals surface area contributed by atoms with E-state index in [1.165, 1.54) is 22.7 Å². The van der Waals surface area contributed by atoms with E-state index in [0.29, 0.717) is 27.3 Å². The number of ether oxygens (including phenoxy) is 2. The zero-order valence-corrected chi connectivity index (χ0v) is 19.8. The molecule has 32 heavy (non-hydrogen) atoms. The maximum absolute atomic E-state index is 12.5. The second-order valence-electron chi connectivity index (χ2n) is 6.84. The highest BCUT2D eigenvalue weighted by molar-refractivity contribution is 7.15. The largest absolute Gasteiger partial charge is 0.493 e. The lowest BCUT2D eigenvalue weighted by molar-refractivity contribution is -0.115. The predicted molar refractivity (Wildman–Crippen MR) is 129 cm³/mol. The number of nitrogens with one attached hydrogen (secondary N) is 1. The van der Waals surface area contributed by atoms with E-state index >= 15 is 0 Å². The minimum absolute atomic E-state index is 0.160. The summed E-state index contributed by atoms with van der Waals surface area (Å²) in [5, 5.41) is 6.79. The van der Waals surface area contributed by atoms with Crippen LogP contribution in [0.3, 0.4) is 0 Å². The van der Waals surface area contributed by atoms with Crippen LogP contribution in [-0.4, -0.2) is 30.1 Å². The Balaban J connectivity index is 1.39. The van der Waals surface area contributed by atoms with Gasteiger partial charge in [-0.25, -0.2) is 9.97 Å². The molecule has 2 heterocycles. The molecule has 2 aromatic carbocycles. The summed E-state index contributed by atoms with van der Waals surface area (Å²) in [7, 11) is 3.19. The average Bonchev–Trinajstić information content (AvgIpc) is 3.44. The molecular formula is C23H20ClN3O3S2. The van der Waals surface area contributed by atoms with Gasteiger partial charge in [-0.1, -0.05) is 29.8 Å². The lowest BCUT2D eigenvalue weighted by Crippen LogP contribution is -2.14. The third-order valence-electron chi connectivity index (χ3n) is 4.62. The molecule has 4 aromatic rings. The Morgan fingerprint density at radius 3 is 2.69 bits per heavy atom. The molecule has 1 amide bonds. The number of para-hydroxylation sites is 1. The van der Waals surface area contributed by atoms with Crippen molar-refractivity contribution in [1.29, 1.82) is 0 Å². The number of halogens is 1. The molecular weight excluding hydrogens is 466 g/mol. The molecule has 6 nitrogen and oxygen atoms in total. The van der Waals surface area contributed by atoms with Crippen LogP contribution in [0.15, 0.2) is 54.0 Å². The molecule has 0 aliphatic heterocycles. The summed E-state index contributed by atoms with van der Waals surface area (Å²) >= 11 is 8.85. The number of carbonyl (C=O) groups excluding carboxylic acids is 1. The fraction of sp³-hybridized carbons (Fsp3) is 0.174. The zero-order valence-electron chi connectivity index (χ0n) is 17.4. The normalized spacial score (nSPS) is 10.7. The topological polar surface area (TPSA) is 73.3 Å². The molecule has 0 saturated heterocycles. The van der Waals surface area contributed by atoms with Crippen molar-refractivity contribution in [3.8, 4) is 22.1 Å². The molecule has 164 valence electrons. The number of nitrogens with zero attached hydrogens (tertiary/aromatic N) is 2. The van der Waals surface area contributed by atoms with Crippen LogP contribution in [-0.2, 0) is 17.6 Å². The van der Waals surface area contributed by atoms with Gasteiger partial charge in [-0.15, -0.1) is 22.7 Å². The van der Waals surface area contributed by atoms with Crippen LogP contribution in [0.4, 0.5) is 5.13 Å². The number of amides is 1. The minimum Gasteiger partial charge on any atom is -0.493 e. The highest BCUT2D eigenvalue weighted by atomic mass is 35.5. The van der Waals surface area contributed by atoms with Crippen molar-refractivity contribution in [3.05, 3.63) is 75.2 Å². The van der Waals surface area contributed by atoms with Crippen molar-refractivity contribution in [3.63, 3.8) is 0 Å². The fourth-order valence-corrected chi connectivity index (χ4v) is 4.98. The quantitative estimate of drug-likeness (QED) is 0.346. The Morgan fingerprint density at radius 1 is 1.12 bits per heavy atom. The van der Waals surface area contributed by atoms with E-state index in [1.807, 2.05) is 47.8 Å². The van der Waals surface area contributed by atoms with Crippen molar-refractivity contribution in [2.45, 2.75) is 12.8 Å². The molecule has 0 fully saturated rings. The first-order valence-electron chi connectivity index (χ1n) is 9.70. The second kappa shape index (κ2) is 10.1. The molecule has 0 unspecified atom stereocenters. The third kappa shape index (κ3) is 5.27. The van der Waals surface area contributed by atoms with Gasteiger partial charge in [0.25, 0.3) is 0 Å². The molecule has 4 rings (SSSR count). The summed E-state index contributed by atoms with van der Waals surface area (Å²) in [6, 6.07) is 13.3. The van der Waals surface area contributed by atoms with Crippen molar-refractivity contribution in [2.75, 3.05) is 19.5 Å². The number of benzene rings is 2. The van der Waals surface area contributed by atoms with Gasteiger partial charge in [0.15, 0.2) is 16.6 Å². The first kappa shape index (κ1) is 22.3. The number of anilines is 1. The summed E-state index contributed by atoms with van der Waals surface area (Å²) < 4.78 is 10.8. The first-order valence-corrected chi connectivity index (χ1v) is 11.8. The van der Waals surface area contributed by atoms with E-state index in [1.54, 1.807) is 20.4 Å². The van der Waals surface area contributed by atoms with E-state index < -0.39 is 0 Å². The SMILES string of the molecule is COc1cccc(-c2nc(CC(=O)Nc3ncc(Cc4ccc(Cl)cc4)s3)cs2)c1OC. The maximum Gasteiger partial charge on any atom is 0.232 e. The van der Waals surface area contributed by atoms with Gasteiger partial charge in [-0.2, -0.15) is 0 Å². The van der Waals surface area contributed by atoms with Crippen LogP contribution in [0, 0.1) is 0 Å². The minimum atomic E-state index is -0.160. The van der Waals surface area contributed by atoms with Gasteiger partial charge >= 0.3 is 0 Å². The van der Waals surface area contributed by atoms with Crippen LogP contribution in [0.1, 0.15) is 16.1 Å². The predicted octanol–water partition coefficient (Wildman–Crippen LogP) is 5.71. The molecule has 9 heteroatoms. The van der Waals surface area contributed by atoms with Gasteiger partial charge in [-0.05, 0) is 29.8 Å². The van der Waals surface area contributed by atoms with E-state index in [-0.39, 0.29) is 12.3 Å². The number of carbonyl (C=O) groups is 1. The standard InChI is InChI=1S/C23H20ClN3O3S2/c1-29-19-5-3-4-18(21(19)30-2)22-26-16(13-31-22)11-20(28)27-23-25-12-17(32-23)10-14-6-8-15(24)9-7-14/h3-9,12-13H,10-11H2,1-2H3,(H,25,27,28). The highest BCUT2D eigenvalue weighted by Gasteiger charge is 2.16. The van der Waals surface area contributed by atoms with Gasteiger partial charge < -0.3 is 14.8 Å². The van der Waals surface area contributed by atoms with Gasteiger partial charge in [0, 0.05) is 27.9 Å². The summed E-state index contributed by atoms with van der Waals surface area (Å²) in [5.41, 5.74) is 2.65. The molecule has 0 atom stereocenters. The van der Waals surface area contributed by atoms with Gasteiger partial charge in [0.05, 0.1) is 31.9 Å². The summed E-state index contributed by atoms with van der Waals surface area (Å²) in [4.78, 5) is 22.5. The van der Waals surface area contributed by atoms with Crippen molar-refractivity contribution >= 4 is 45.3 Å². The Bertz CT molecular complexity index is 1220. The highest BCUT2D eigenvalue weighted by Crippen LogP contribution is 2.39. The van der Waals surface area contributed by atoms with Crippen LogP contribution in [0.2, 0.25) is 5.02 Å². The Labute approximate surface area is 198 Å². The molecule has 0 spiro atoms. The molecule has 0 saturated carbocycles. The summed E-state index contributed by atoms with van der Waals surface area (Å²) in [6.07, 6.45) is 2.68. The fourth-order valence-electron chi connectivity index (χ4n) is 3.15. The number of rotatable bonds is 8. The van der Waals surface area contributed by atoms with E-state index in [9.17, 15) is 4.79 Å². The van der Waals surface area contributed by atoms with Crippen molar-refractivity contribution < 1.29 is 14.3 Å². The van der Waals surface area contributed by atoms with Crippen molar-refractivity contribution in [2.24, 2.45) is 0 Å². The second-order valence-corrected chi connectivity index (χ2v) is 9.25. The van der Waals surface area contributed by atoms with Gasteiger partial charge in [0.2, 0.25) is 5.91 Å². The van der Waals surface area contributed by atoms with Crippen molar-refractivity contribution in [1.82, 2.24) is 9.97 Å². The molecule has 1 N–H and O–H groups in total. The molecule has 0 aliphatic carbocycles. The summed E-state index contributed by atoms with van der Waals surface area (Å²) in [5.74, 6) is 1.10. The number of aromatic nitrogens is 2. The lowest BCUT2D eigenvalue weighted by atomic mass is 10.1. The first-order chi connectivity index (χ1) is 15.6. The molecule has 0 bridgehead atoms. The smallest absolute Gasteiger partial charge is 0.232 e. The van der Waals surface area contributed by atoms with Crippen LogP contribution >= 0.6 is 34.3 Å². The molecule has 0 aliphatic rings. The van der Waals surface area contributed by atoms with Crippen LogP contribution in [0.5, 0.6) is 11.5 Å². The van der Waals surface area contributed by atoms with E-state index in [4.69, 9.17) is 21.1 Å². The Kier molecular flexibility index (Phi) is 7.04.